The number of aromatic nitrogens is 1. The molecule has 0 saturated carbocycles. The minimum absolute atomic E-state index is 0.115. The predicted molar refractivity (Wildman–Crippen MR) is 82.2 cm³/mol. The maximum atomic E-state index is 12.5. The molecular weight excluding hydrogens is 268 g/mol. The Labute approximate surface area is 122 Å². The van der Waals surface area contributed by atoms with Crippen molar-refractivity contribution in [1.29, 1.82) is 0 Å². The third kappa shape index (κ3) is 2.65. The number of amides is 1. The van der Waals surface area contributed by atoms with Crippen LogP contribution in [-0.4, -0.2) is 21.9 Å². The van der Waals surface area contributed by atoms with Crippen LogP contribution in [0.4, 0.5) is 5.69 Å². The average molecular weight is 286 g/mol. The van der Waals surface area contributed by atoms with Crippen LogP contribution in [0.15, 0.2) is 41.7 Å². The summed E-state index contributed by atoms with van der Waals surface area (Å²) in [6.45, 7) is 3.44. The van der Waals surface area contributed by atoms with Gasteiger partial charge >= 0.3 is 0 Å². The predicted octanol–water partition coefficient (Wildman–Crippen LogP) is 2.34. The van der Waals surface area contributed by atoms with E-state index in [2.05, 4.69) is 15.5 Å². The molecule has 6 nitrogen and oxygen atoms in total. The SMILES string of the molecule is CCC(C)(C(=O)Nc1cccc2cccnc12)/C(N)=N/O. The van der Waals surface area contributed by atoms with Gasteiger partial charge in [0.1, 0.15) is 5.41 Å². The highest BCUT2D eigenvalue weighted by atomic mass is 16.4. The summed E-state index contributed by atoms with van der Waals surface area (Å²) in [6.07, 6.45) is 2.08. The number of pyridine rings is 1. The highest BCUT2D eigenvalue weighted by Crippen LogP contribution is 2.26. The van der Waals surface area contributed by atoms with Crippen molar-refractivity contribution in [3.8, 4) is 0 Å². The number of para-hydroxylation sites is 1. The molecule has 6 heteroatoms. The molecule has 1 amide bonds. The van der Waals surface area contributed by atoms with Gasteiger partial charge in [0.15, 0.2) is 5.84 Å². The fourth-order valence-electron chi connectivity index (χ4n) is 2.03. The van der Waals surface area contributed by atoms with Gasteiger partial charge in [0, 0.05) is 11.6 Å². The molecular formula is C15H18N4O2. The number of oxime groups is 1. The van der Waals surface area contributed by atoms with Gasteiger partial charge in [0.25, 0.3) is 0 Å². The van der Waals surface area contributed by atoms with Crippen LogP contribution < -0.4 is 11.1 Å². The lowest BCUT2D eigenvalue weighted by atomic mass is 9.85. The molecule has 2 rings (SSSR count). The second kappa shape index (κ2) is 5.78. The Balaban J connectivity index is 2.38. The van der Waals surface area contributed by atoms with Crippen molar-refractivity contribution in [2.45, 2.75) is 20.3 Å². The third-order valence-corrected chi connectivity index (χ3v) is 3.76. The monoisotopic (exact) mass is 286 g/mol. The molecule has 1 unspecified atom stereocenters. The summed E-state index contributed by atoms with van der Waals surface area (Å²) < 4.78 is 0. The third-order valence-electron chi connectivity index (χ3n) is 3.76. The first-order valence-electron chi connectivity index (χ1n) is 6.66. The second-order valence-electron chi connectivity index (χ2n) is 5.01. The molecule has 0 aliphatic carbocycles. The average Bonchev–Trinajstić information content (AvgIpc) is 2.53. The summed E-state index contributed by atoms with van der Waals surface area (Å²) in [4.78, 5) is 16.8. The fourth-order valence-corrected chi connectivity index (χ4v) is 2.03. The maximum Gasteiger partial charge on any atom is 0.238 e. The van der Waals surface area contributed by atoms with E-state index in [1.807, 2.05) is 24.3 Å². The van der Waals surface area contributed by atoms with E-state index in [9.17, 15) is 4.79 Å². The van der Waals surface area contributed by atoms with E-state index in [-0.39, 0.29) is 11.7 Å². The van der Waals surface area contributed by atoms with Crippen LogP contribution in [0.2, 0.25) is 0 Å². The number of nitrogens with zero attached hydrogens (tertiary/aromatic N) is 2. The van der Waals surface area contributed by atoms with Gasteiger partial charge in [-0.1, -0.05) is 30.3 Å². The smallest absolute Gasteiger partial charge is 0.238 e. The quantitative estimate of drug-likeness (QED) is 0.347. The highest BCUT2D eigenvalue weighted by Gasteiger charge is 2.36. The Bertz CT molecular complexity index is 694. The first-order chi connectivity index (χ1) is 10.0. The molecule has 4 N–H and O–H groups in total. The summed E-state index contributed by atoms with van der Waals surface area (Å²) in [5.41, 5.74) is 5.88. The number of amidine groups is 1. The van der Waals surface area contributed by atoms with Crippen LogP contribution in [0.1, 0.15) is 20.3 Å². The second-order valence-corrected chi connectivity index (χ2v) is 5.01. The van der Waals surface area contributed by atoms with Crippen molar-refractivity contribution in [3.63, 3.8) is 0 Å². The zero-order valence-electron chi connectivity index (χ0n) is 12.0. The molecule has 0 aliphatic rings. The van der Waals surface area contributed by atoms with Gasteiger partial charge in [-0.2, -0.15) is 0 Å². The van der Waals surface area contributed by atoms with Crippen molar-refractivity contribution >= 4 is 28.3 Å². The van der Waals surface area contributed by atoms with Crippen LogP contribution in [0.3, 0.4) is 0 Å². The lowest BCUT2D eigenvalue weighted by Gasteiger charge is -2.25. The molecule has 21 heavy (non-hydrogen) atoms. The van der Waals surface area contributed by atoms with E-state index in [0.29, 0.717) is 17.6 Å². The fraction of sp³-hybridized carbons (Fsp3) is 0.267. The Kier molecular flexibility index (Phi) is 4.07. The Morgan fingerprint density at radius 2 is 2.14 bits per heavy atom. The number of rotatable bonds is 4. The van der Waals surface area contributed by atoms with E-state index >= 15 is 0 Å². The molecule has 110 valence electrons. The van der Waals surface area contributed by atoms with Gasteiger partial charge in [-0.25, -0.2) is 0 Å². The van der Waals surface area contributed by atoms with Gasteiger partial charge in [-0.3, -0.25) is 9.78 Å². The van der Waals surface area contributed by atoms with Crippen molar-refractivity contribution in [3.05, 3.63) is 36.5 Å². The lowest BCUT2D eigenvalue weighted by Crippen LogP contribution is -2.44. The number of benzene rings is 1. The molecule has 2 aromatic rings. The van der Waals surface area contributed by atoms with Gasteiger partial charge in [-0.05, 0) is 25.5 Å². The van der Waals surface area contributed by atoms with Crippen LogP contribution in [0, 0.1) is 5.41 Å². The molecule has 0 fully saturated rings. The molecule has 0 bridgehead atoms. The standard InChI is InChI=1S/C15H18N4O2/c1-3-15(2,13(16)19-21)14(20)18-11-8-4-6-10-7-5-9-17-12(10)11/h4-9,21H,3H2,1-2H3,(H2,16,19)(H,18,20). The number of carbonyl (C=O) groups is 1. The number of hydrogen-bond donors (Lipinski definition) is 3. The summed E-state index contributed by atoms with van der Waals surface area (Å²) in [6, 6.07) is 9.28. The molecule has 0 spiro atoms. The first-order valence-corrected chi connectivity index (χ1v) is 6.66. The summed E-state index contributed by atoms with van der Waals surface area (Å²) in [5, 5.41) is 15.6. The number of hydrogen-bond acceptors (Lipinski definition) is 4. The van der Waals surface area contributed by atoms with Crippen LogP contribution >= 0.6 is 0 Å². The van der Waals surface area contributed by atoms with E-state index in [0.717, 1.165) is 5.39 Å². The zero-order valence-corrected chi connectivity index (χ0v) is 12.0. The Morgan fingerprint density at radius 3 is 2.81 bits per heavy atom. The molecule has 1 heterocycles. The van der Waals surface area contributed by atoms with Crippen molar-refractivity contribution < 1.29 is 10.0 Å². The maximum absolute atomic E-state index is 12.5. The Hall–Kier alpha value is -2.63. The molecule has 0 aliphatic heterocycles. The minimum atomic E-state index is -1.08. The number of nitrogens with two attached hydrogens (primary N) is 1. The topological polar surface area (TPSA) is 101 Å². The molecule has 1 atom stereocenters. The minimum Gasteiger partial charge on any atom is -0.409 e. The molecule has 0 saturated heterocycles. The van der Waals surface area contributed by atoms with Gasteiger partial charge in [0.2, 0.25) is 5.91 Å². The number of fused-ring (bicyclic) bond motifs is 1. The summed E-state index contributed by atoms with van der Waals surface area (Å²) in [5.74, 6) is -0.450. The molecule has 1 aromatic heterocycles. The molecule has 0 radical (unpaired) electrons. The van der Waals surface area contributed by atoms with Crippen molar-refractivity contribution in [2.24, 2.45) is 16.3 Å². The summed E-state index contributed by atoms with van der Waals surface area (Å²) in [7, 11) is 0. The van der Waals surface area contributed by atoms with Gasteiger partial charge in [-0.15, -0.1) is 0 Å². The zero-order chi connectivity index (χ0) is 15.5. The molecule has 1 aromatic carbocycles. The van der Waals surface area contributed by atoms with Crippen molar-refractivity contribution in [2.75, 3.05) is 5.32 Å². The van der Waals surface area contributed by atoms with Crippen LogP contribution in [0.5, 0.6) is 0 Å². The van der Waals surface area contributed by atoms with Crippen LogP contribution in [0.25, 0.3) is 10.9 Å². The normalized spacial score (nSPS) is 14.7. The summed E-state index contributed by atoms with van der Waals surface area (Å²) >= 11 is 0. The number of carbonyl (C=O) groups excluding carboxylic acids is 1. The van der Waals surface area contributed by atoms with E-state index in [1.54, 1.807) is 26.1 Å². The lowest BCUT2D eigenvalue weighted by molar-refractivity contribution is -0.121. The van der Waals surface area contributed by atoms with E-state index in [4.69, 9.17) is 10.9 Å². The Morgan fingerprint density at radius 1 is 1.43 bits per heavy atom. The highest BCUT2D eigenvalue weighted by molar-refractivity contribution is 6.13. The first kappa shape index (κ1) is 14.8. The number of nitrogens with one attached hydrogen (secondary N) is 1. The van der Waals surface area contributed by atoms with E-state index < -0.39 is 5.41 Å². The number of anilines is 1. The van der Waals surface area contributed by atoms with E-state index in [1.165, 1.54) is 0 Å². The van der Waals surface area contributed by atoms with Crippen LogP contribution in [-0.2, 0) is 4.79 Å². The largest absolute Gasteiger partial charge is 0.409 e. The van der Waals surface area contributed by atoms with Gasteiger partial charge < -0.3 is 16.3 Å². The van der Waals surface area contributed by atoms with Crippen molar-refractivity contribution in [1.82, 2.24) is 4.98 Å². The van der Waals surface area contributed by atoms with Gasteiger partial charge in [0.05, 0.1) is 11.2 Å².